The van der Waals surface area contributed by atoms with Crippen molar-refractivity contribution in [2.24, 2.45) is 0 Å². The molecule has 3 aromatic heterocycles. The topological polar surface area (TPSA) is 38.7 Å². The van der Waals surface area contributed by atoms with E-state index in [2.05, 4.69) is 50.9 Å². The molecule has 1 aromatic carbocycles. The van der Waals surface area contributed by atoms with Gasteiger partial charge in [-0.05, 0) is 29.1 Å². The maximum atomic E-state index is 4.49. The van der Waals surface area contributed by atoms with Crippen LogP contribution in [0.25, 0.3) is 21.3 Å². The van der Waals surface area contributed by atoms with Gasteiger partial charge in [-0.25, -0.2) is 0 Å². The number of fused-ring (bicyclic) bond motifs is 1. The summed E-state index contributed by atoms with van der Waals surface area (Å²) in [6, 6.07) is 16.5. The van der Waals surface area contributed by atoms with E-state index in [9.17, 15) is 0 Å². The van der Waals surface area contributed by atoms with Crippen LogP contribution in [0.5, 0.6) is 0 Å². The number of thiophene rings is 1. The maximum absolute atomic E-state index is 4.49. The molecule has 0 fully saturated rings. The predicted octanol–water partition coefficient (Wildman–Crippen LogP) is 4.34. The number of rotatable bonds is 3. The minimum absolute atomic E-state index is 0.765. The molecule has 0 atom stereocenters. The SMILES string of the molecule is c1csc(-c2nnc(Cc3ccncc3)c3ccccc23)c1. The van der Waals surface area contributed by atoms with E-state index in [-0.39, 0.29) is 0 Å². The molecule has 0 aliphatic carbocycles. The molecule has 0 spiro atoms. The van der Waals surface area contributed by atoms with Crippen molar-refractivity contribution in [2.75, 3.05) is 0 Å². The Labute approximate surface area is 132 Å². The highest BCUT2D eigenvalue weighted by molar-refractivity contribution is 7.13. The summed E-state index contributed by atoms with van der Waals surface area (Å²) in [5.74, 6) is 0. The van der Waals surface area contributed by atoms with Gasteiger partial charge in [0.1, 0.15) is 5.69 Å². The molecule has 106 valence electrons. The minimum atomic E-state index is 0.765. The van der Waals surface area contributed by atoms with E-state index in [0.29, 0.717) is 0 Å². The molecule has 22 heavy (non-hydrogen) atoms. The number of hydrogen-bond donors (Lipinski definition) is 0. The first-order valence-corrected chi connectivity index (χ1v) is 7.97. The van der Waals surface area contributed by atoms with E-state index in [1.54, 1.807) is 11.3 Å². The quantitative estimate of drug-likeness (QED) is 0.565. The maximum Gasteiger partial charge on any atom is 0.111 e. The fourth-order valence-electron chi connectivity index (χ4n) is 2.58. The molecule has 4 heteroatoms. The van der Waals surface area contributed by atoms with Crippen LogP contribution in [0, 0.1) is 0 Å². The lowest BCUT2D eigenvalue weighted by molar-refractivity contribution is 0.962. The van der Waals surface area contributed by atoms with Gasteiger partial charge in [0.05, 0.1) is 10.6 Å². The van der Waals surface area contributed by atoms with E-state index in [0.717, 1.165) is 33.5 Å². The molecule has 0 saturated carbocycles. The number of nitrogens with zero attached hydrogens (tertiary/aromatic N) is 3. The van der Waals surface area contributed by atoms with Crippen LogP contribution in [-0.4, -0.2) is 15.2 Å². The first kappa shape index (κ1) is 13.1. The summed E-state index contributed by atoms with van der Waals surface area (Å²) in [7, 11) is 0. The van der Waals surface area contributed by atoms with Crippen molar-refractivity contribution in [1.29, 1.82) is 0 Å². The van der Waals surface area contributed by atoms with Gasteiger partial charge < -0.3 is 0 Å². The van der Waals surface area contributed by atoms with Crippen molar-refractivity contribution < 1.29 is 0 Å². The Balaban J connectivity index is 1.86. The van der Waals surface area contributed by atoms with Gasteiger partial charge in [-0.15, -0.1) is 16.4 Å². The lowest BCUT2D eigenvalue weighted by atomic mass is 10.0. The van der Waals surface area contributed by atoms with Gasteiger partial charge in [0.2, 0.25) is 0 Å². The molecule has 4 rings (SSSR count). The highest BCUT2D eigenvalue weighted by Crippen LogP contribution is 2.30. The zero-order valence-electron chi connectivity index (χ0n) is 11.8. The molecule has 0 aliphatic rings. The average Bonchev–Trinajstić information content (AvgIpc) is 3.10. The summed E-state index contributed by atoms with van der Waals surface area (Å²) in [5.41, 5.74) is 3.16. The summed E-state index contributed by atoms with van der Waals surface area (Å²) >= 11 is 1.69. The van der Waals surface area contributed by atoms with Gasteiger partial charge in [-0.3, -0.25) is 4.98 Å². The van der Waals surface area contributed by atoms with Crippen LogP contribution in [-0.2, 0) is 6.42 Å². The Hall–Kier alpha value is -2.59. The minimum Gasteiger partial charge on any atom is -0.265 e. The summed E-state index contributed by atoms with van der Waals surface area (Å²) in [6.07, 6.45) is 4.39. The number of aromatic nitrogens is 3. The molecule has 0 radical (unpaired) electrons. The lowest BCUT2D eigenvalue weighted by Crippen LogP contribution is -1.98. The molecule has 0 bridgehead atoms. The molecule has 0 N–H and O–H groups in total. The highest BCUT2D eigenvalue weighted by Gasteiger charge is 2.11. The van der Waals surface area contributed by atoms with Crippen LogP contribution in [0.3, 0.4) is 0 Å². The van der Waals surface area contributed by atoms with Crippen LogP contribution in [0.4, 0.5) is 0 Å². The standard InChI is InChI=1S/C18H13N3S/c1-2-5-15-14(4-1)16(12-13-7-9-19-10-8-13)20-21-18(15)17-6-3-11-22-17/h1-11H,12H2. The van der Waals surface area contributed by atoms with Gasteiger partial charge in [-0.1, -0.05) is 30.3 Å². The molecule has 0 aliphatic heterocycles. The summed E-state index contributed by atoms with van der Waals surface area (Å²) < 4.78 is 0. The first-order valence-electron chi connectivity index (χ1n) is 7.09. The second-order valence-electron chi connectivity index (χ2n) is 5.05. The Bertz CT molecular complexity index is 902. The van der Waals surface area contributed by atoms with E-state index >= 15 is 0 Å². The van der Waals surface area contributed by atoms with Crippen LogP contribution in [0.2, 0.25) is 0 Å². The number of hydrogen-bond acceptors (Lipinski definition) is 4. The Morgan fingerprint density at radius 1 is 0.818 bits per heavy atom. The van der Waals surface area contributed by atoms with Crippen molar-refractivity contribution >= 4 is 22.1 Å². The Morgan fingerprint density at radius 3 is 2.41 bits per heavy atom. The van der Waals surface area contributed by atoms with Gasteiger partial charge in [0, 0.05) is 29.6 Å². The summed E-state index contributed by atoms with van der Waals surface area (Å²) in [5, 5.41) is 13.4. The molecular weight excluding hydrogens is 290 g/mol. The van der Waals surface area contributed by atoms with Crippen LogP contribution in [0.1, 0.15) is 11.3 Å². The van der Waals surface area contributed by atoms with Crippen molar-refractivity contribution in [2.45, 2.75) is 6.42 Å². The fraction of sp³-hybridized carbons (Fsp3) is 0.0556. The molecule has 3 nitrogen and oxygen atoms in total. The second kappa shape index (κ2) is 5.66. The summed E-state index contributed by atoms with van der Waals surface area (Å²) in [4.78, 5) is 5.21. The van der Waals surface area contributed by atoms with Crippen LogP contribution in [0.15, 0.2) is 66.3 Å². The lowest BCUT2D eigenvalue weighted by Gasteiger charge is -2.08. The molecule has 0 unspecified atom stereocenters. The van der Waals surface area contributed by atoms with Crippen molar-refractivity contribution in [1.82, 2.24) is 15.2 Å². The van der Waals surface area contributed by atoms with E-state index < -0.39 is 0 Å². The largest absolute Gasteiger partial charge is 0.265 e. The third-order valence-corrected chi connectivity index (χ3v) is 4.52. The third kappa shape index (κ3) is 2.38. The molecule has 0 amide bonds. The summed E-state index contributed by atoms with van der Waals surface area (Å²) in [6.45, 7) is 0. The highest BCUT2D eigenvalue weighted by atomic mass is 32.1. The Kier molecular flexibility index (Phi) is 3.37. The normalized spacial score (nSPS) is 10.9. The zero-order valence-corrected chi connectivity index (χ0v) is 12.6. The fourth-order valence-corrected chi connectivity index (χ4v) is 3.30. The molecular formula is C18H13N3S. The Morgan fingerprint density at radius 2 is 1.64 bits per heavy atom. The van der Waals surface area contributed by atoms with E-state index in [4.69, 9.17) is 0 Å². The van der Waals surface area contributed by atoms with Crippen molar-refractivity contribution in [3.05, 3.63) is 77.6 Å². The average molecular weight is 303 g/mol. The third-order valence-electron chi connectivity index (χ3n) is 3.64. The second-order valence-corrected chi connectivity index (χ2v) is 6.00. The van der Waals surface area contributed by atoms with Crippen LogP contribution < -0.4 is 0 Å². The van der Waals surface area contributed by atoms with E-state index in [1.165, 1.54) is 5.56 Å². The number of pyridine rings is 1. The predicted molar refractivity (Wildman–Crippen MR) is 89.9 cm³/mol. The first-order chi connectivity index (χ1) is 10.9. The zero-order chi connectivity index (χ0) is 14.8. The molecule has 0 saturated heterocycles. The van der Waals surface area contributed by atoms with Crippen LogP contribution >= 0.6 is 11.3 Å². The van der Waals surface area contributed by atoms with Gasteiger partial charge in [0.15, 0.2) is 0 Å². The smallest absolute Gasteiger partial charge is 0.111 e. The number of benzene rings is 1. The van der Waals surface area contributed by atoms with E-state index in [1.807, 2.05) is 30.6 Å². The van der Waals surface area contributed by atoms with Gasteiger partial charge in [0.25, 0.3) is 0 Å². The molecule has 3 heterocycles. The monoisotopic (exact) mass is 303 g/mol. The van der Waals surface area contributed by atoms with Gasteiger partial charge in [-0.2, -0.15) is 5.10 Å². The van der Waals surface area contributed by atoms with Gasteiger partial charge >= 0.3 is 0 Å². The molecule has 4 aromatic rings. The van der Waals surface area contributed by atoms with Crippen molar-refractivity contribution in [3.8, 4) is 10.6 Å². The van der Waals surface area contributed by atoms with Crippen molar-refractivity contribution in [3.63, 3.8) is 0 Å².